The highest BCUT2D eigenvalue weighted by atomic mass is 33.1. The molecule has 1 aromatic heterocycles. The third-order valence-corrected chi connectivity index (χ3v) is 6.66. The minimum absolute atomic E-state index is 0.309. The number of oxazole rings is 1. The van der Waals surface area contributed by atoms with E-state index in [1.165, 1.54) is 38.6 Å². The number of para-hydroxylation sites is 1. The van der Waals surface area contributed by atoms with Crippen molar-refractivity contribution in [3.05, 3.63) is 78.4 Å². The van der Waals surface area contributed by atoms with Gasteiger partial charge in [0.1, 0.15) is 16.6 Å². The summed E-state index contributed by atoms with van der Waals surface area (Å²) in [7, 11) is 1.52. The molecule has 164 valence electrons. The van der Waals surface area contributed by atoms with E-state index in [1.807, 2.05) is 18.4 Å². The van der Waals surface area contributed by atoms with Gasteiger partial charge in [-0.25, -0.2) is 0 Å². The van der Waals surface area contributed by atoms with Crippen LogP contribution >= 0.6 is 21.9 Å². The highest BCUT2D eigenvalue weighted by Gasteiger charge is 2.21. The lowest BCUT2D eigenvalue weighted by Crippen LogP contribution is -2.46. The van der Waals surface area contributed by atoms with Crippen molar-refractivity contribution in [3.63, 3.8) is 0 Å². The van der Waals surface area contributed by atoms with Crippen LogP contribution in [0.25, 0.3) is 22.2 Å². The molecule has 5 nitrogen and oxygen atoms in total. The van der Waals surface area contributed by atoms with Crippen LogP contribution in [0.3, 0.4) is 0 Å². The number of fused-ring (bicyclic) bond motifs is 1. The minimum Gasteiger partial charge on any atom is -0.406 e. The number of hydrogen-bond acceptors (Lipinski definition) is 7. The first-order valence-electron chi connectivity index (χ1n) is 10.7. The lowest BCUT2D eigenvalue weighted by molar-refractivity contribution is 0.250. The molecular weight excluding hydrogens is 438 g/mol. The van der Waals surface area contributed by atoms with Gasteiger partial charge in [-0.2, -0.15) is 4.98 Å². The van der Waals surface area contributed by atoms with Gasteiger partial charge in [0, 0.05) is 32.7 Å². The van der Waals surface area contributed by atoms with Gasteiger partial charge in [0.15, 0.2) is 5.58 Å². The maximum Gasteiger partial charge on any atom is 0.408 e. The van der Waals surface area contributed by atoms with Crippen molar-refractivity contribution in [2.45, 2.75) is 6.54 Å². The molecule has 1 fully saturated rings. The molecule has 4 aromatic rings. The molecule has 0 aliphatic carbocycles. The molecule has 7 heteroatoms. The second kappa shape index (κ2) is 9.90. The molecule has 32 heavy (non-hydrogen) atoms. The van der Waals surface area contributed by atoms with Crippen molar-refractivity contribution >= 4 is 38.7 Å². The molecule has 0 radical (unpaired) electrons. The largest absolute Gasteiger partial charge is 0.408 e. The third kappa shape index (κ3) is 4.75. The maximum absolute atomic E-state index is 5.91. The summed E-state index contributed by atoms with van der Waals surface area (Å²) in [5, 5.41) is 0. The van der Waals surface area contributed by atoms with Crippen LogP contribution in [-0.4, -0.2) is 42.3 Å². The van der Waals surface area contributed by atoms with E-state index >= 15 is 0 Å². The van der Waals surface area contributed by atoms with E-state index in [2.05, 4.69) is 75.4 Å². The fourth-order valence-electron chi connectivity index (χ4n) is 4.15. The molecule has 0 N–H and O–H groups in total. The summed E-state index contributed by atoms with van der Waals surface area (Å²) in [5.41, 5.74) is 6.61. The molecule has 5 rings (SSSR count). The van der Waals surface area contributed by atoms with E-state index in [-0.39, 0.29) is 0 Å². The molecule has 0 spiro atoms. The standard InChI is InChI=1S/C25H25N3O2S2/c1-31-32-30-25-26-22-11-6-12-23(24(22)29-25)28-15-13-27(14-16-28)18-19-7-5-10-21(17-19)20-8-3-2-4-9-20/h2-12,17H,13-16,18H2,1H3. The number of hydrogen-bond donors (Lipinski definition) is 0. The fourth-order valence-corrected chi connectivity index (χ4v) is 4.72. The van der Waals surface area contributed by atoms with Gasteiger partial charge in [-0.15, -0.1) is 0 Å². The highest BCUT2D eigenvalue weighted by molar-refractivity contribution is 8.74. The molecular formula is C25H25N3O2S2. The average Bonchev–Trinajstić information content (AvgIpc) is 3.27. The molecule has 0 bridgehead atoms. The molecule has 1 saturated heterocycles. The van der Waals surface area contributed by atoms with Gasteiger partial charge in [0.25, 0.3) is 0 Å². The summed E-state index contributed by atoms with van der Waals surface area (Å²) in [6.07, 6.45) is 2.26. The molecule has 2 heterocycles. The van der Waals surface area contributed by atoms with Gasteiger partial charge < -0.3 is 13.5 Å². The van der Waals surface area contributed by atoms with Gasteiger partial charge in [0.05, 0.1) is 5.69 Å². The number of anilines is 1. The van der Waals surface area contributed by atoms with Crippen LogP contribution in [0.15, 0.2) is 77.2 Å². The lowest BCUT2D eigenvalue weighted by Gasteiger charge is -2.36. The van der Waals surface area contributed by atoms with Crippen LogP contribution in [0.4, 0.5) is 5.69 Å². The first kappa shape index (κ1) is 21.2. The lowest BCUT2D eigenvalue weighted by atomic mass is 10.0. The Bertz CT molecular complexity index is 1170. The first-order valence-corrected chi connectivity index (χ1v) is 13.2. The summed E-state index contributed by atoms with van der Waals surface area (Å²) in [5.74, 6) is 0. The molecule has 0 unspecified atom stereocenters. The van der Waals surface area contributed by atoms with E-state index in [0.29, 0.717) is 6.08 Å². The number of piperazine rings is 1. The molecule has 1 aliphatic heterocycles. The second-order valence-corrected chi connectivity index (χ2v) is 9.80. The van der Waals surface area contributed by atoms with Gasteiger partial charge in [-0.3, -0.25) is 4.90 Å². The van der Waals surface area contributed by atoms with E-state index < -0.39 is 0 Å². The van der Waals surface area contributed by atoms with Crippen LogP contribution in [-0.2, 0) is 6.54 Å². The van der Waals surface area contributed by atoms with Crippen molar-refractivity contribution in [3.8, 4) is 17.2 Å². The van der Waals surface area contributed by atoms with Crippen molar-refractivity contribution in [1.82, 2.24) is 9.88 Å². The zero-order valence-electron chi connectivity index (χ0n) is 17.9. The van der Waals surface area contributed by atoms with E-state index in [1.54, 1.807) is 0 Å². The summed E-state index contributed by atoms with van der Waals surface area (Å²) < 4.78 is 11.4. The zero-order chi connectivity index (χ0) is 21.8. The van der Waals surface area contributed by atoms with Crippen LogP contribution in [0.1, 0.15) is 5.56 Å². The quantitative estimate of drug-likeness (QED) is 0.241. The predicted molar refractivity (Wildman–Crippen MR) is 135 cm³/mol. The Balaban J connectivity index is 1.25. The number of benzene rings is 3. The van der Waals surface area contributed by atoms with Crippen molar-refractivity contribution in [1.29, 1.82) is 0 Å². The highest BCUT2D eigenvalue weighted by Crippen LogP contribution is 2.33. The van der Waals surface area contributed by atoms with Crippen molar-refractivity contribution in [2.75, 3.05) is 37.3 Å². The summed E-state index contributed by atoms with van der Waals surface area (Å²) in [6.45, 7) is 4.88. The Morgan fingerprint density at radius 1 is 0.906 bits per heavy atom. The molecule has 3 aromatic carbocycles. The van der Waals surface area contributed by atoms with Crippen LogP contribution in [0.5, 0.6) is 6.08 Å². The maximum atomic E-state index is 5.91. The normalized spacial score (nSPS) is 14.7. The fraction of sp³-hybridized carbons (Fsp3) is 0.240. The average molecular weight is 464 g/mol. The van der Waals surface area contributed by atoms with Crippen molar-refractivity contribution < 1.29 is 8.60 Å². The minimum atomic E-state index is 0.309. The monoisotopic (exact) mass is 463 g/mol. The van der Waals surface area contributed by atoms with Crippen LogP contribution in [0, 0.1) is 0 Å². The Labute approximate surface area is 196 Å². The first-order chi connectivity index (χ1) is 15.8. The Morgan fingerprint density at radius 3 is 2.50 bits per heavy atom. The smallest absolute Gasteiger partial charge is 0.406 e. The zero-order valence-corrected chi connectivity index (χ0v) is 19.6. The van der Waals surface area contributed by atoms with Gasteiger partial charge >= 0.3 is 6.08 Å². The molecule has 0 saturated carbocycles. The van der Waals surface area contributed by atoms with E-state index in [0.717, 1.165) is 49.5 Å². The Kier molecular flexibility index (Phi) is 6.57. The summed E-state index contributed by atoms with van der Waals surface area (Å²) in [6, 6.07) is 25.6. The topological polar surface area (TPSA) is 41.7 Å². The second-order valence-electron chi connectivity index (χ2n) is 7.75. The van der Waals surface area contributed by atoms with Crippen LogP contribution < -0.4 is 9.08 Å². The van der Waals surface area contributed by atoms with Gasteiger partial charge in [-0.05, 0) is 41.1 Å². The number of rotatable bonds is 7. The number of nitrogens with zero attached hydrogens (tertiary/aromatic N) is 3. The SMILES string of the molecule is CSSOc1nc2cccc(N3CCN(Cc4cccc(-c5ccccc5)c4)CC3)c2o1. The molecule has 1 aliphatic rings. The van der Waals surface area contributed by atoms with Gasteiger partial charge in [-0.1, -0.05) is 65.4 Å². The van der Waals surface area contributed by atoms with Crippen molar-refractivity contribution in [2.24, 2.45) is 0 Å². The molecule has 0 amide bonds. The van der Waals surface area contributed by atoms with E-state index in [9.17, 15) is 0 Å². The Morgan fingerprint density at radius 2 is 1.69 bits per heavy atom. The summed E-state index contributed by atoms with van der Waals surface area (Å²) in [4.78, 5) is 9.35. The van der Waals surface area contributed by atoms with Crippen LogP contribution in [0.2, 0.25) is 0 Å². The summed E-state index contributed by atoms with van der Waals surface area (Å²) >= 11 is 1.26. The molecule has 0 atom stereocenters. The number of aromatic nitrogens is 1. The van der Waals surface area contributed by atoms with Gasteiger partial charge in [0.2, 0.25) is 0 Å². The van der Waals surface area contributed by atoms with E-state index in [4.69, 9.17) is 8.60 Å². The predicted octanol–water partition coefficient (Wildman–Crippen LogP) is 6.12. The Hall–Kier alpha value is -2.61. The third-order valence-electron chi connectivity index (χ3n) is 5.70.